The van der Waals surface area contributed by atoms with E-state index in [4.69, 9.17) is 22.8 Å². The third-order valence-electron chi connectivity index (χ3n) is 5.66. The van der Waals surface area contributed by atoms with Gasteiger partial charge in [-0.05, 0) is 25.1 Å². The molecule has 2 heterocycles. The zero-order chi connectivity index (χ0) is 20.7. The zero-order valence-corrected chi connectivity index (χ0v) is 16.7. The number of ether oxygens (including phenoxy) is 1. The van der Waals surface area contributed by atoms with Gasteiger partial charge in [0.15, 0.2) is 0 Å². The summed E-state index contributed by atoms with van der Waals surface area (Å²) in [7, 11) is 0. The molecule has 2 aromatic rings. The number of carboxylic acid groups (broad SMARTS) is 1. The Bertz CT molecular complexity index is 1010. The minimum atomic E-state index is -0.909. The van der Waals surface area contributed by atoms with E-state index in [2.05, 4.69) is 10.8 Å². The molecule has 150 valence electrons. The Balaban J connectivity index is 1.79. The Labute approximate surface area is 174 Å². The average Bonchev–Trinajstić information content (AvgIpc) is 2.87. The quantitative estimate of drug-likeness (QED) is 0.701. The van der Waals surface area contributed by atoms with Crippen molar-refractivity contribution < 1.29 is 19.7 Å². The first-order chi connectivity index (χ1) is 13.9. The summed E-state index contributed by atoms with van der Waals surface area (Å²) in [6.45, 7) is 4.41. The van der Waals surface area contributed by atoms with Crippen LogP contribution in [0.15, 0.2) is 24.3 Å². The second-order valence-corrected chi connectivity index (χ2v) is 7.76. The van der Waals surface area contributed by atoms with Crippen LogP contribution in [0.5, 0.6) is 11.5 Å². The highest BCUT2D eigenvalue weighted by Crippen LogP contribution is 2.44. The van der Waals surface area contributed by atoms with E-state index in [9.17, 15) is 15.0 Å². The van der Waals surface area contributed by atoms with E-state index in [-0.39, 0.29) is 11.8 Å². The predicted molar refractivity (Wildman–Crippen MR) is 111 cm³/mol. The molecule has 2 aliphatic rings. The Morgan fingerprint density at radius 2 is 2.14 bits per heavy atom. The van der Waals surface area contributed by atoms with Gasteiger partial charge < -0.3 is 19.8 Å². The Morgan fingerprint density at radius 1 is 1.34 bits per heavy atom. The first kappa shape index (κ1) is 19.4. The van der Waals surface area contributed by atoms with Crippen LogP contribution < -0.4 is 4.74 Å². The fourth-order valence-corrected chi connectivity index (χ4v) is 4.48. The summed E-state index contributed by atoms with van der Waals surface area (Å²) in [5.41, 5.74) is 3.58. The minimum absolute atomic E-state index is 0.0295. The number of nitrogens with zero attached hydrogens (tertiary/aromatic N) is 2. The van der Waals surface area contributed by atoms with Crippen LogP contribution in [0.3, 0.4) is 0 Å². The van der Waals surface area contributed by atoms with Crippen molar-refractivity contribution in [1.29, 1.82) is 0 Å². The number of hydrogen-bond acceptors (Lipinski definition) is 4. The fraction of sp³-hybridized carbons (Fsp3) is 0.318. The highest BCUT2D eigenvalue weighted by Gasteiger charge is 2.34. The second-order valence-electron chi connectivity index (χ2n) is 7.35. The van der Waals surface area contributed by atoms with Crippen molar-refractivity contribution in [2.45, 2.75) is 19.5 Å². The maximum atomic E-state index is 11.3. The highest BCUT2D eigenvalue weighted by molar-refractivity contribution is 6.33. The van der Waals surface area contributed by atoms with Crippen LogP contribution in [0.2, 0.25) is 5.02 Å². The van der Waals surface area contributed by atoms with Gasteiger partial charge in [-0.3, -0.25) is 4.90 Å². The molecular weight excluding hydrogens is 392 g/mol. The molecule has 29 heavy (non-hydrogen) atoms. The molecule has 1 saturated heterocycles. The minimum Gasteiger partial charge on any atom is -0.507 e. The summed E-state index contributed by atoms with van der Waals surface area (Å²) in [5.74, 6) is 3.50. The van der Waals surface area contributed by atoms with Crippen LogP contribution in [-0.4, -0.2) is 58.4 Å². The van der Waals surface area contributed by atoms with Gasteiger partial charge in [0.25, 0.3) is 0 Å². The van der Waals surface area contributed by atoms with Gasteiger partial charge in [-0.15, -0.1) is 6.42 Å². The fourth-order valence-electron chi connectivity index (χ4n) is 4.21. The largest absolute Gasteiger partial charge is 0.507 e. The Hall–Kier alpha value is -2.88. The molecule has 0 bridgehead atoms. The molecular formula is C22H21ClN2O4. The molecule has 0 aliphatic carbocycles. The summed E-state index contributed by atoms with van der Waals surface area (Å²) in [6.07, 6.45) is 4.90. The van der Waals surface area contributed by atoms with Gasteiger partial charge in [0, 0.05) is 54.0 Å². The first-order valence-electron chi connectivity index (χ1n) is 9.36. The third-order valence-corrected chi connectivity index (χ3v) is 5.98. The van der Waals surface area contributed by atoms with E-state index >= 15 is 0 Å². The van der Waals surface area contributed by atoms with Crippen LogP contribution in [0, 0.1) is 19.3 Å². The average molecular weight is 413 g/mol. The van der Waals surface area contributed by atoms with E-state index in [1.165, 1.54) is 4.90 Å². The number of fused-ring (bicyclic) bond motifs is 2. The summed E-state index contributed by atoms with van der Waals surface area (Å²) < 4.78 is 6.16. The van der Waals surface area contributed by atoms with E-state index in [1.54, 1.807) is 18.2 Å². The van der Waals surface area contributed by atoms with Gasteiger partial charge in [0.05, 0.1) is 11.1 Å². The Kier molecular flexibility index (Phi) is 5.03. The molecule has 0 saturated carbocycles. The molecule has 0 unspecified atom stereocenters. The zero-order valence-electron chi connectivity index (χ0n) is 16.0. The lowest BCUT2D eigenvalue weighted by molar-refractivity contribution is 0.0502. The number of phenols is 1. The molecule has 2 aromatic carbocycles. The number of phenolic OH excluding ortho intramolecular Hbond substituents is 1. The molecule has 1 amide bonds. The van der Waals surface area contributed by atoms with Crippen molar-refractivity contribution >= 4 is 17.7 Å². The van der Waals surface area contributed by atoms with Crippen LogP contribution in [0.1, 0.15) is 16.7 Å². The van der Waals surface area contributed by atoms with Gasteiger partial charge in [-0.2, -0.15) is 0 Å². The Morgan fingerprint density at radius 3 is 2.83 bits per heavy atom. The van der Waals surface area contributed by atoms with Gasteiger partial charge in [-0.25, -0.2) is 4.79 Å². The number of benzene rings is 2. The normalized spacial score (nSPS) is 18.8. The molecule has 2 N–H and O–H groups in total. The summed E-state index contributed by atoms with van der Waals surface area (Å²) >= 11 is 6.39. The van der Waals surface area contributed by atoms with Crippen molar-refractivity contribution in [1.82, 2.24) is 9.80 Å². The molecule has 6 nitrogen and oxygen atoms in total. The lowest BCUT2D eigenvalue weighted by atomic mass is 9.91. The first-order valence-corrected chi connectivity index (χ1v) is 9.74. The van der Waals surface area contributed by atoms with Crippen molar-refractivity contribution in [3.63, 3.8) is 0 Å². The summed E-state index contributed by atoms with van der Waals surface area (Å²) in [4.78, 5) is 15.0. The molecule has 7 heteroatoms. The topological polar surface area (TPSA) is 73.2 Å². The van der Waals surface area contributed by atoms with Gasteiger partial charge in [-0.1, -0.05) is 23.6 Å². The van der Waals surface area contributed by atoms with E-state index in [0.29, 0.717) is 54.5 Å². The van der Waals surface area contributed by atoms with Gasteiger partial charge >= 0.3 is 6.09 Å². The van der Waals surface area contributed by atoms with E-state index < -0.39 is 6.09 Å². The predicted octanol–water partition coefficient (Wildman–Crippen LogP) is 3.56. The summed E-state index contributed by atoms with van der Waals surface area (Å²) in [6, 6.07) is 6.85. The number of amides is 1. The molecule has 2 aliphatic heterocycles. The number of halogens is 1. The number of terminal acetylenes is 1. The van der Waals surface area contributed by atoms with Crippen molar-refractivity contribution in [2.24, 2.45) is 0 Å². The molecule has 4 rings (SSSR count). The monoisotopic (exact) mass is 412 g/mol. The molecule has 0 spiro atoms. The maximum Gasteiger partial charge on any atom is 0.407 e. The maximum absolute atomic E-state index is 11.3. The third kappa shape index (κ3) is 3.37. The molecule has 1 atom stereocenters. The number of carbonyl (C=O) groups is 1. The van der Waals surface area contributed by atoms with Crippen LogP contribution in [-0.2, 0) is 6.54 Å². The number of aromatic hydroxyl groups is 1. The van der Waals surface area contributed by atoms with Crippen molar-refractivity contribution in [3.05, 3.63) is 46.0 Å². The van der Waals surface area contributed by atoms with E-state index in [1.807, 2.05) is 13.0 Å². The SMILES string of the molecule is C#Cc1cc2c(c(C)c1-c1c(O)cccc1Cl)OC[C@H]1CN(C(=O)O)CCN1C2. The molecule has 1 fully saturated rings. The molecule has 0 aromatic heterocycles. The van der Waals surface area contributed by atoms with E-state index in [0.717, 1.165) is 16.9 Å². The number of rotatable bonds is 1. The van der Waals surface area contributed by atoms with Crippen LogP contribution in [0.4, 0.5) is 4.79 Å². The number of piperazine rings is 1. The highest BCUT2D eigenvalue weighted by atomic mass is 35.5. The van der Waals surface area contributed by atoms with Gasteiger partial charge in [0.1, 0.15) is 18.1 Å². The van der Waals surface area contributed by atoms with Gasteiger partial charge in [0.2, 0.25) is 0 Å². The lowest BCUT2D eigenvalue weighted by Gasteiger charge is -2.38. The van der Waals surface area contributed by atoms with Crippen LogP contribution >= 0.6 is 11.6 Å². The standard InChI is InChI=1S/C22H21ClN2O4/c1-3-14-9-15-10-24-7-8-25(22(27)28)11-16(24)12-29-21(15)13(2)19(14)20-17(23)5-4-6-18(20)26/h1,4-6,9,16,26H,7-8,10-12H2,2H3,(H,27,28)/t16-/m1/s1. The smallest absolute Gasteiger partial charge is 0.407 e. The van der Waals surface area contributed by atoms with Crippen LogP contribution in [0.25, 0.3) is 11.1 Å². The van der Waals surface area contributed by atoms with Crippen molar-refractivity contribution in [2.75, 3.05) is 26.2 Å². The lowest BCUT2D eigenvalue weighted by Crippen LogP contribution is -2.55. The summed E-state index contributed by atoms with van der Waals surface area (Å²) in [5, 5.41) is 20.2. The molecule has 0 radical (unpaired) electrons. The second kappa shape index (κ2) is 7.51. The van der Waals surface area contributed by atoms with Crippen molar-refractivity contribution in [3.8, 4) is 35.0 Å². The number of hydrogen-bond donors (Lipinski definition) is 2.